The van der Waals surface area contributed by atoms with Crippen LogP contribution in [0.3, 0.4) is 0 Å². The van der Waals surface area contributed by atoms with Crippen molar-refractivity contribution in [1.29, 1.82) is 0 Å². The third-order valence-corrected chi connectivity index (χ3v) is 13.2. The molecule has 43 heavy (non-hydrogen) atoms. The van der Waals surface area contributed by atoms with Crippen LogP contribution >= 0.6 is 0 Å². The van der Waals surface area contributed by atoms with Gasteiger partial charge in [0.25, 0.3) is 0 Å². The van der Waals surface area contributed by atoms with E-state index in [2.05, 4.69) is 68.4 Å². The molecule has 6 nitrogen and oxygen atoms in total. The van der Waals surface area contributed by atoms with Crippen LogP contribution in [0.25, 0.3) is 0 Å². The molecular formula is C37H60N2O4. The van der Waals surface area contributed by atoms with Crippen LogP contribution in [-0.2, 0) is 11.2 Å². The first-order valence-corrected chi connectivity index (χ1v) is 17.6. The van der Waals surface area contributed by atoms with Crippen molar-refractivity contribution < 1.29 is 20.1 Å². The van der Waals surface area contributed by atoms with E-state index in [1.807, 2.05) is 0 Å². The van der Waals surface area contributed by atoms with Gasteiger partial charge in [-0.05, 0) is 143 Å². The fourth-order valence-electron chi connectivity index (χ4n) is 10.7. The maximum Gasteiger partial charge on any atom is 0.220 e. The first-order chi connectivity index (χ1) is 20.5. The molecule has 5 unspecified atom stereocenters. The van der Waals surface area contributed by atoms with Gasteiger partial charge in [0, 0.05) is 13.0 Å². The number of aryl methyl sites for hydroxylation is 1. The lowest BCUT2D eigenvalue weighted by atomic mass is 9.43. The summed E-state index contributed by atoms with van der Waals surface area (Å²) in [5.41, 5.74) is 1.28. The molecule has 4 aliphatic rings. The Morgan fingerprint density at radius 3 is 2.51 bits per heavy atom. The minimum atomic E-state index is -0.373. The van der Waals surface area contributed by atoms with Crippen LogP contribution in [0.15, 0.2) is 30.3 Å². The molecule has 1 amide bonds. The quantitative estimate of drug-likeness (QED) is 0.241. The largest absolute Gasteiger partial charge is 0.393 e. The van der Waals surface area contributed by atoms with E-state index in [1.165, 1.54) is 5.56 Å². The lowest BCUT2D eigenvalue weighted by Gasteiger charge is -2.63. The summed E-state index contributed by atoms with van der Waals surface area (Å²) < 4.78 is 0. The van der Waals surface area contributed by atoms with E-state index >= 15 is 0 Å². The number of benzene rings is 1. The van der Waals surface area contributed by atoms with Gasteiger partial charge in [-0.15, -0.1) is 0 Å². The third-order valence-electron chi connectivity index (χ3n) is 13.2. The molecule has 5 rings (SSSR count). The number of rotatable bonds is 12. The standard InChI is InChI=1S/C37H60N2O4/c1-25(13-16-34(43)38-19-9-21-39(4)20-8-12-26-10-6-5-7-11-26)29-14-15-30-35-31(24-33(42)37(29,30)3)36(2)18-17-28(40)22-27(36)23-32(35)41/h5-7,10-11,25,27-33,35,40-42H,8-9,12-24H2,1-4H3,(H,38,43)/t25-,27?,28-,29?,30?,31?,32-,33+,35?,36+,37-/m1/s1. The smallest absolute Gasteiger partial charge is 0.220 e. The van der Waals surface area contributed by atoms with Gasteiger partial charge in [0.05, 0.1) is 18.3 Å². The Morgan fingerprint density at radius 1 is 1.00 bits per heavy atom. The van der Waals surface area contributed by atoms with Crippen molar-refractivity contribution in [2.24, 2.45) is 46.3 Å². The Hall–Kier alpha value is -1.47. The monoisotopic (exact) mass is 596 g/mol. The van der Waals surface area contributed by atoms with Gasteiger partial charge < -0.3 is 25.5 Å². The van der Waals surface area contributed by atoms with E-state index in [0.29, 0.717) is 36.0 Å². The lowest BCUT2D eigenvalue weighted by Crippen LogP contribution is -2.62. The Kier molecular flexibility index (Phi) is 10.6. The predicted molar refractivity (Wildman–Crippen MR) is 172 cm³/mol. The van der Waals surface area contributed by atoms with Crippen molar-refractivity contribution in [3.63, 3.8) is 0 Å². The van der Waals surface area contributed by atoms with Crippen molar-refractivity contribution in [3.05, 3.63) is 35.9 Å². The summed E-state index contributed by atoms with van der Waals surface area (Å²) in [5, 5.41) is 36.8. The number of aliphatic hydroxyl groups is 3. The van der Waals surface area contributed by atoms with E-state index in [1.54, 1.807) is 0 Å². The topological polar surface area (TPSA) is 93.0 Å². The van der Waals surface area contributed by atoms with Gasteiger partial charge in [0.15, 0.2) is 0 Å². The number of carbonyl (C=O) groups excluding carboxylic acids is 1. The van der Waals surface area contributed by atoms with Gasteiger partial charge >= 0.3 is 0 Å². The minimum absolute atomic E-state index is 0.101. The zero-order valence-electron chi connectivity index (χ0n) is 27.4. The average Bonchev–Trinajstić information content (AvgIpc) is 3.34. The zero-order chi connectivity index (χ0) is 30.8. The molecule has 0 saturated heterocycles. The fourth-order valence-corrected chi connectivity index (χ4v) is 10.7. The van der Waals surface area contributed by atoms with Crippen LogP contribution in [0.4, 0.5) is 0 Å². The molecule has 0 bridgehead atoms. The number of hydrogen-bond acceptors (Lipinski definition) is 5. The molecule has 4 fully saturated rings. The number of carbonyl (C=O) groups is 1. The van der Waals surface area contributed by atoms with Crippen molar-refractivity contribution in [1.82, 2.24) is 10.2 Å². The summed E-state index contributed by atoms with van der Waals surface area (Å²) in [6.07, 6.45) is 9.97. The summed E-state index contributed by atoms with van der Waals surface area (Å²) in [6.45, 7) is 9.74. The highest BCUT2D eigenvalue weighted by Gasteiger charge is 2.65. The van der Waals surface area contributed by atoms with Gasteiger partial charge in [-0.1, -0.05) is 51.1 Å². The zero-order valence-corrected chi connectivity index (χ0v) is 27.4. The second-order valence-corrected chi connectivity index (χ2v) is 15.6. The van der Waals surface area contributed by atoms with E-state index in [-0.39, 0.29) is 41.0 Å². The van der Waals surface area contributed by atoms with E-state index in [0.717, 1.165) is 90.3 Å². The minimum Gasteiger partial charge on any atom is -0.393 e. The van der Waals surface area contributed by atoms with Crippen LogP contribution in [-0.4, -0.2) is 71.1 Å². The van der Waals surface area contributed by atoms with Crippen molar-refractivity contribution >= 4 is 5.91 Å². The van der Waals surface area contributed by atoms with Gasteiger partial charge in [0.1, 0.15) is 0 Å². The number of aliphatic hydroxyl groups excluding tert-OH is 3. The summed E-state index contributed by atoms with van der Waals surface area (Å²) in [5.74, 6) is 2.11. The highest BCUT2D eigenvalue weighted by molar-refractivity contribution is 5.75. The molecule has 1 aromatic carbocycles. The van der Waals surface area contributed by atoms with Crippen LogP contribution in [0, 0.1) is 46.3 Å². The predicted octanol–water partition coefficient (Wildman–Crippen LogP) is 5.44. The molecule has 0 aliphatic heterocycles. The average molecular weight is 597 g/mol. The molecule has 1 aromatic rings. The summed E-state index contributed by atoms with van der Waals surface area (Å²) in [7, 11) is 2.16. The molecule has 0 heterocycles. The SMILES string of the molecule is C[C@H](CCC(=O)NCCCN(C)CCCc1ccccc1)C1CCC2C3C(C[C@H](O)[C@@]21C)[C@@]1(C)CC[C@@H](O)CC1C[C@H]3O. The second-order valence-electron chi connectivity index (χ2n) is 15.6. The number of fused-ring (bicyclic) bond motifs is 5. The Bertz CT molecular complexity index is 1050. The van der Waals surface area contributed by atoms with Gasteiger partial charge in [-0.2, -0.15) is 0 Å². The summed E-state index contributed by atoms with van der Waals surface area (Å²) in [4.78, 5) is 15.1. The molecule has 0 aromatic heterocycles. The molecule has 0 spiro atoms. The molecule has 6 heteroatoms. The maximum atomic E-state index is 12.8. The van der Waals surface area contributed by atoms with E-state index < -0.39 is 0 Å². The Balaban J connectivity index is 1.06. The molecule has 0 radical (unpaired) electrons. The Labute approximate surface area is 261 Å². The second kappa shape index (κ2) is 13.9. The molecular weight excluding hydrogens is 536 g/mol. The lowest BCUT2D eigenvalue weighted by molar-refractivity contribution is -0.207. The summed E-state index contributed by atoms with van der Waals surface area (Å²) >= 11 is 0. The Morgan fingerprint density at radius 2 is 1.74 bits per heavy atom. The van der Waals surface area contributed by atoms with Crippen LogP contribution < -0.4 is 5.32 Å². The normalized spacial score (nSPS) is 39.5. The fraction of sp³-hybridized carbons (Fsp3) is 0.811. The van der Waals surface area contributed by atoms with E-state index in [9.17, 15) is 20.1 Å². The summed E-state index contributed by atoms with van der Waals surface area (Å²) in [6, 6.07) is 10.6. The van der Waals surface area contributed by atoms with Gasteiger partial charge in [0.2, 0.25) is 5.91 Å². The first-order valence-electron chi connectivity index (χ1n) is 17.6. The van der Waals surface area contributed by atoms with Crippen molar-refractivity contribution in [2.75, 3.05) is 26.7 Å². The van der Waals surface area contributed by atoms with Crippen molar-refractivity contribution in [3.8, 4) is 0 Å². The highest BCUT2D eigenvalue weighted by Crippen LogP contribution is 2.68. The number of nitrogens with zero attached hydrogens (tertiary/aromatic N) is 1. The van der Waals surface area contributed by atoms with E-state index in [4.69, 9.17) is 0 Å². The van der Waals surface area contributed by atoms with Crippen LogP contribution in [0.5, 0.6) is 0 Å². The van der Waals surface area contributed by atoms with Crippen LogP contribution in [0.1, 0.15) is 97.0 Å². The molecule has 11 atom stereocenters. The highest BCUT2D eigenvalue weighted by atomic mass is 16.3. The third kappa shape index (κ3) is 6.88. The maximum absolute atomic E-state index is 12.8. The molecule has 242 valence electrons. The molecule has 4 aliphatic carbocycles. The van der Waals surface area contributed by atoms with Crippen molar-refractivity contribution in [2.45, 2.75) is 116 Å². The molecule has 4 saturated carbocycles. The van der Waals surface area contributed by atoms with Gasteiger partial charge in [-0.25, -0.2) is 0 Å². The van der Waals surface area contributed by atoms with Gasteiger partial charge in [-0.3, -0.25) is 4.79 Å². The first kappa shape index (κ1) is 32.9. The number of nitrogens with one attached hydrogen (secondary N) is 1. The van der Waals surface area contributed by atoms with Crippen LogP contribution in [0.2, 0.25) is 0 Å². The molecule has 4 N–H and O–H groups in total. The number of hydrogen-bond donors (Lipinski definition) is 4. The number of amides is 1.